The molecule has 1 unspecified atom stereocenters. The SMILES string of the molecule is CCNC(c1ccc(C)o1)C(C(F)(F)F)C(F)(F)F. The molecule has 0 aliphatic heterocycles. The first-order valence-corrected chi connectivity index (χ1v) is 5.50. The zero-order valence-corrected chi connectivity index (χ0v) is 10.2. The predicted molar refractivity (Wildman–Crippen MR) is 55.5 cm³/mol. The molecule has 19 heavy (non-hydrogen) atoms. The number of nitrogens with one attached hydrogen (secondary N) is 1. The van der Waals surface area contributed by atoms with Crippen LogP contribution in [0.4, 0.5) is 26.3 Å². The number of furan rings is 1. The van der Waals surface area contributed by atoms with Crippen molar-refractivity contribution < 1.29 is 30.8 Å². The lowest BCUT2D eigenvalue weighted by molar-refractivity contribution is -0.293. The van der Waals surface area contributed by atoms with Gasteiger partial charge in [0.15, 0.2) is 5.92 Å². The summed E-state index contributed by atoms with van der Waals surface area (Å²) in [5, 5.41) is 2.19. The van der Waals surface area contributed by atoms with E-state index in [1.165, 1.54) is 19.9 Å². The highest BCUT2D eigenvalue weighted by Crippen LogP contribution is 2.46. The third kappa shape index (κ3) is 3.89. The van der Waals surface area contributed by atoms with Crippen LogP contribution in [-0.4, -0.2) is 18.9 Å². The van der Waals surface area contributed by atoms with Gasteiger partial charge in [-0.2, -0.15) is 26.3 Å². The number of hydrogen-bond donors (Lipinski definition) is 1. The summed E-state index contributed by atoms with van der Waals surface area (Å²) < 4.78 is 81.0. The highest BCUT2D eigenvalue weighted by Gasteiger charge is 2.61. The Morgan fingerprint density at radius 2 is 1.63 bits per heavy atom. The van der Waals surface area contributed by atoms with Gasteiger partial charge in [-0.05, 0) is 25.6 Å². The van der Waals surface area contributed by atoms with E-state index in [1.807, 2.05) is 0 Å². The molecule has 1 aromatic heterocycles. The van der Waals surface area contributed by atoms with Gasteiger partial charge in [-0.15, -0.1) is 0 Å². The molecule has 1 N–H and O–H groups in total. The van der Waals surface area contributed by atoms with Crippen LogP contribution in [0.15, 0.2) is 16.5 Å². The van der Waals surface area contributed by atoms with Crippen LogP contribution < -0.4 is 5.32 Å². The second-order valence-electron chi connectivity index (χ2n) is 4.04. The number of alkyl halides is 6. The number of aryl methyl sites for hydroxylation is 1. The summed E-state index contributed by atoms with van der Waals surface area (Å²) in [4.78, 5) is 0. The highest BCUT2D eigenvalue weighted by atomic mass is 19.4. The summed E-state index contributed by atoms with van der Waals surface area (Å²) in [6, 6.07) is 0.454. The lowest BCUT2D eigenvalue weighted by atomic mass is 9.96. The zero-order chi connectivity index (χ0) is 14.8. The second-order valence-corrected chi connectivity index (χ2v) is 4.04. The molecule has 1 rings (SSSR count). The minimum absolute atomic E-state index is 0.0485. The lowest BCUT2D eigenvalue weighted by Gasteiger charge is -2.29. The van der Waals surface area contributed by atoms with Gasteiger partial charge in [-0.3, -0.25) is 0 Å². The molecule has 0 aromatic carbocycles. The third-order valence-corrected chi connectivity index (χ3v) is 2.53. The van der Waals surface area contributed by atoms with Gasteiger partial charge in [-0.25, -0.2) is 0 Å². The van der Waals surface area contributed by atoms with Gasteiger partial charge < -0.3 is 9.73 Å². The van der Waals surface area contributed by atoms with Crippen molar-refractivity contribution in [2.45, 2.75) is 32.2 Å². The lowest BCUT2D eigenvalue weighted by Crippen LogP contribution is -2.45. The van der Waals surface area contributed by atoms with Crippen molar-refractivity contribution in [3.8, 4) is 0 Å². The Morgan fingerprint density at radius 1 is 1.11 bits per heavy atom. The molecule has 110 valence electrons. The summed E-state index contributed by atoms with van der Waals surface area (Å²) in [7, 11) is 0. The van der Waals surface area contributed by atoms with Gasteiger partial charge in [0.05, 0.1) is 6.04 Å². The maximum absolute atomic E-state index is 12.7. The van der Waals surface area contributed by atoms with E-state index in [9.17, 15) is 26.3 Å². The van der Waals surface area contributed by atoms with Gasteiger partial charge in [0.2, 0.25) is 0 Å². The van der Waals surface area contributed by atoms with Gasteiger partial charge in [0.25, 0.3) is 0 Å². The van der Waals surface area contributed by atoms with E-state index in [0.29, 0.717) is 0 Å². The number of hydrogen-bond acceptors (Lipinski definition) is 2. The van der Waals surface area contributed by atoms with Crippen LogP contribution in [0.25, 0.3) is 0 Å². The van der Waals surface area contributed by atoms with E-state index >= 15 is 0 Å². The molecule has 8 heteroatoms. The second kappa shape index (κ2) is 5.44. The molecule has 0 bridgehead atoms. The van der Waals surface area contributed by atoms with Crippen molar-refractivity contribution >= 4 is 0 Å². The Bertz CT molecular complexity index is 394. The van der Waals surface area contributed by atoms with E-state index < -0.39 is 24.3 Å². The van der Waals surface area contributed by atoms with Crippen molar-refractivity contribution in [2.24, 2.45) is 5.92 Å². The predicted octanol–water partition coefficient (Wildman–Crippen LogP) is 3.98. The van der Waals surface area contributed by atoms with Crippen LogP contribution >= 0.6 is 0 Å². The third-order valence-electron chi connectivity index (χ3n) is 2.53. The maximum Gasteiger partial charge on any atom is 0.402 e. The normalized spacial score (nSPS) is 15.0. The van der Waals surface area contributed by atoms with Crippen LogP contribution in [0.2, 0.25) is 0 Å². The summed E-state index contributed by atoms with van der Waals surface area (Å²) in [5.74, 6) is -3.63. The van der Waals surface area contributed by atoms with Crippen molar-refractivity contribution in [2.75, 3.05) is 6.54 Å². The van der Waals surface area contributed by atoms with Crippen molar-refractivity contribution in [1.29, 1.82) is 0 Å². The summed E-state index contributed by atoms with van der Waals surface area (Å²) >= 11 is 0. The van der Waals surface area contributed by atoms with E-state index in [1.54, 1.807) is 0 Å². The van der Waals surface area contributed by atoms with Crippen LogP contribution in [0.5, 0.6) is 0 Å². The fraction of sp³-hybridized carbons (Fsp3) is 0.636. The average molecular weight is 289 g/mol. The zero-order valence-electron chi connectivity index (χ0n) is 10.2. The Morgan fingerprint density at radius 3 is 1.95 bits per heavy atom. The van der Waals surface area contributed by atoms with Gasteiger partial charge >= 0.3 is 12.4 Å². The van der Waals surface area contributed by atoms with Crippen molar-refractivity contribution in [3.63, 3.8) is 0 Å². The average Bonchev–Trinajstić information content (AvgIpc) is 2.59. The fourth-order valence-electron chi connectivity index (χ4n) is 1.79. The Kier molecular flexibility index (Phi) is 4.54. The molecule has 0 aliphatic rings. The molecule has 0 fully saturated rings. The quantitative estimate of drug-likeness (QED) is 0.848. The largest absolute Gasteiger partial charge is 0.465 e. The standard InChI is InChI=1S/C11H13F6NO/c1-3-18-8(7-5-4-6(2)19-7)9(10(12,13)14)11(15,16)17/h4-5,8-9,18H,3H2,1-2H3. The summed E-state index contributed by atoms with van der Waals surface area (Å²) in [5.41, 5.74) is 0. The molecule has 0 saturated heterocycles. The van der Waals surface area contributed by atoms with Crippen molar-refractivity contribution in [3.05, 3.63) is 23.7 Å². The summed E-state index contributed by atoms with van der Waals surface area (Å²) in [6.07, 6.45) is -10.8. The number of rotatable bonds is 4. The van der Waals surface area contributed by atoms with Crippen LogP contribution in [-0.2, 0) is 0 Å². The molecular formula is C11H13F6NO. The molecule has 1 atom stereocenters. The van der Waals surface area contributed by atoms with Gasteiger partial charge in [0.1, 0.15) is 11.5 Å². The smallest absolute Gasteiger partial charge is 0.402 e. The van der Waals surface area contributed by atoms with E-state index in [0.717, 1.165) is 6.07 Å². The monoisotopic (exact) mass is 289 g/mol. The van der Waals surface area contributed by atoms with E-state index in [4.69, 9.17) is 4.42 Å². The molecule has 0 aliphatic carbocycles. The van der Waals surface area contributed by atoms with Gasteiger partial charge in [0, 0.05) is 0 Å². The molecule has 0 radical (unpaired) electrons. The fourth-order valence-corrected chi connectivity index (χ4v) is 1.79. The Hall–Kier alpha value is -1.18. The minimum atomic E-state index is -5.41. The van der Waals surface area contributed by atoms with Crippen LogP contribution in [0.3, 0.4) is 0 Å². The molecule has 0 amide bonds. The highest BCUT2D eigenvalue weighted by molar-refractivity contribution is 5.12. The molecule has 1 heterocycles. The minimum Gasteiger partial charge on any atom is -0.465 e. The van der Waals surface area contributed by atoms with E-state index in [2.05, 4.69) is 5.32 Å². The first-order chi connectivity index (χ1) is 8.57. The van der Waals surface area contributed by atoms with Crippen molar-refractivity contribution in [1.82, 2.24) is 5.32 Å². The molecule has 2 nitrogen and oxygen atoms in total. The first kappa shape index (κ1) is 15.9. The van der Waals surface area contributed by atoms with Crippen LogP contribution in [0.1, 0.15) is 24.5 Å². The molecule has 0 saturated carbocycles. The topological polar surface area (TPSA) is 25.2 Å². The van der Waals surface area contributed by atoms with Crippen LogP contribution in [0, 0.1) is 12.8 Å². The van der Waals surface area contributed by atoms with E-state index in [-0.39, 0.29) is 18.1 Å². The maximum atomic E-state index is 12.7. The summed E-state index contributed by atoms with van der Waals surface area (Å²) in [6.45, 7) is 2.82. The van der Waals surface area contributed by atoms with Gasteiger partial charge in [-0.1, -0.05) is 6.92 Å². The number of halogens is 6. The molecular weight excluding hydrogens is 276 g/mol. The molecule has 1 aromatic rings. The Balaban J connectivity index is 3.20. The Labute approximate surface area is 105 Å². The first-order valence-electron chi connectivity index (χ1n) is 5.50. The molecule has 0 spiro atoms.